The smallest absolute Gasteiger partial charge is 0.230 e. The largest absolute Gasteiger partial charge is 0.371 e. The van der Waals surface area contributed by atoms with Gasteiger partial charge in [0.15, 0.2) is 12.6 Å². The molecule has 2 N–H and O–H groups in total. The van der Waals surface area contributed by atoms with Crippen molar-refractivity contribution in [3.8, 4) is 0 Å². The van der Waals surface area contributed by atoms with Crippen LogP contribution >= 0.6 is 11.8 Å². The second-order valence-corrected chi connectivity index (χ2v) is 12.6. The molecule has 0 saturated carbocycles. The number of hydrogen-bond donors (Lipinski definition) is 2. The Kier molecular flexibility index (Phi) is 16.3. The quantitative estimate of drug-likeness (QED) is 0.302. The van der Waals surface area contributed by atoms with Gasteiger partial charge in [0.05, 0.1) is 31.3 Å². The normalized spacial score (nSPS) is 28.9. The second kappa shape index (κ2) is 20.4. The number of thioether (sulfide) groups is 1. The van der Waals surface area contributed by atoms with E-state index in [9.17, 15) is 9.59 Å². The fourth-order valence-electron chi connectivity index (χ4n) is 5.72. The summed E-state index contributed by atoms with van der Waals surface area (Å²) in [5, 5.41) is 5.73. The van der Waals surface area contributed by atoms with Gasteiger partial charge in [0.1, 0.15) is 24.4 Å². The molecule has 3 heterocycles. The molecular formula is C33H52N2O8S. The molecule has 11 heteroatoms. The van der Waals surface area contributed by atoms with Crippen LogP contribution < -0.4 is 10.6 Å². The van der Waals surface area contributed by atoms with E-state index in [1.54, 1.807) is 0 Å². The zero-order valence-electron chi connectivity index (χ0n) is 26.3. The van der Waals surface area contributed by atoms with Crippen LogP contribution in [0.25, 0.3) is 0 Å². The highest BCUT2D eigenvalue weighted by Gasteiger charge is 2.51. The maximum Gasteiger partial charge on any atom is 0.230 e. The monoisotopic (exact) mass is 636 g/mol. The summed E-state index contributed by atoms with van der Waals surface area (Å²) >= 11 is 1.28. The Morgan fingerprint density at radius 2 is 1.36 bits per heavy atom. The first-order valence-corrected chi connectivity index (χ1v) is 17.7. The van der Waals surface area contributed by atoms with Crippen LogP contribution in [0.2, 0.25) is 0 Å². The van der Waals surface area contributed by atoms with E-state index in [1.165, 1.54) is 63.1 Å². The van der Waals surface area contributed by atoms with E-state index in [2.05, 4.69) is 17.6 Å². The number of unbranched alkanes of at least 4 members (excludes halogenated alkanes) is 9. The van der Waals surface area contributed by atoms with Crippen LogP contribution in [-0.4, -0.2) is 93.5 Å². The lowest BCUT2D eigenvalue weighted by Crippen LogP contribution is -2.64. The lowest BCUT2D eigenvalue weighted by atomic mass is 9.97. The van der Waals surface area contributed by atoms with Crippen molar-refractivity contribution < 1.29 is 38.0 Å². The Morgan fingerprint density at radius 3 is 2.02 bits per heavy atom. The van der Waals surface area contributed by atoms with E-state index >= 15 is 0 Å². The van der Waals surface area contributed by atoms with Gasteiger partial charge in [-0.25, -0.2) is 0 Å². The average Bonchev–Trinajstić information content (AvgIpc) is 3.04. The van der Waals surface area contributed by atoms with Crippen LogP contribution in [-0.2, 0) is 38.0 Å². The number of amides is 2. The van der Waals surface area contributed by atoms with E-state index in [0.29, 0.717) is 26.3 Å². The molecule has 0 aliphatic carbocycles. The summed E-state index contributed by atoms with van der Waals surface area (Å²) < 4.78 is 38.0. The van der Waals surface area contributed by atoms with E-state index < -0.39 is 37.0 Å². The van der Waals surface area contributed by atoms with E-state index in [4.69, 9.17) is 28.4 Å². The van der Waals surface area contributed by atoms with Gasteiger partial charge in [0.2, 0.25) is 11.8 Å². The van der Waals surface area contributed by atoms with Gasteiger partial charge < -0.3 is 39.1 Å². The summed E-state index contributed by atoms with van der Waals surface area (Å²) in [6, 6.07) is 9.78. The summed E-state index contributed by atoms with van der Waals surface area (Å²) in [5.41, 5.74) is 0.910. The van der Waals surface area contributed by atoms with Gasteiger partial charge in [-0.1, -0.05) is 95.0 Å². The van der Waals surface area contributed by atoms with Crippen LogP contribution in [0.5, 0.6) is 0 Å². The van der Waals surface area contributed by atoms with Crippen molar-refractivity contribution in [1.29, 1.82) is 0 Å². The Balaban J connectivity index is 1.37. The Bertz CT molecular complexity index is 957. The second-order valence-electron chi connectivity index (χ2n) is 11.6. The van der Waals surface area contributed by atoms with Crippen LogP contribution in [0, 0.1) is 0 Å². The molecule has 3 aliphatic heterocycles. The lowest BCUT2D eigenvalue weighted by Gasteiger charge is -2.49. The maximum atomic E-state index is 12.2. The summed E-state index contributed by atoms with van der Waals surface area (Å²) in [5.74, 6) is 0.148. The fourth-order valence-corrected chi connectivity index (χ4v) is 6.40. The molecule has 3 aliphatic rings. The molecule has 0 unspecified atom stereocenters. The number of carbonyl (C=O) groups excluding carboxylic acids is 2. The highest BCUT2D eigenvalue weighted by molar-refractivity contribution is 8.00. The SMILES string of the molecule is CCCCCCCCCCCCO[C@@H]1O[C@@H]2CO[C@@H](c3ccccc3)O[C@@H]2[C@@H]2OCCNC(=O)CSCC(=O)NCCO[C@@H]12. The van der Waals surface area contributed by atoms with Crippen molar-refractivity contribution in [2.75, 3.05) is 51.0 Å². The van der Waals surface area contributed by atoms with Crippen molar-refractivity contribution in [2.45, 2.75) is 108 Å². The van der Waals surface area contributed by atoms with Crippen molar-refractivity contribution >= 4 is 23.6 Å². The summed E-state index contributed by atoms with van der Waals surface area (Å²) in [7, 11) is 0. The van der Waals surface area contributed by atoms with Crippen molar-refractivity contribution in [1.82, 2.24) is 10.6 Å². The molecule has 0 aromatic heterocycles. The number of nitrogens with one attached hydrogen (secondary N) is 2. The summed E-state index contributed by atoms with van der Waals surface area (Å²) in [4.78, 5) is 24.5. The molecule has 4 rings (SSSR count). The molecule has 1 aromatic rings. The number of ether oxygens (including phenoxy) is 6. The van der Waals surface area contributed by atoms with Gasteiger partial charge in [0.25, 0.3) is 0 Å². The first-order chi connectivity index (χ1) is 21.7. The molecule has 1 aromatic carbocycles. The molecule has 3 fully saturated rings. The zero-order valence-corrected chi connectivity index (χ0v) is 27.1. The molecule has 2 amide bonds. The van der Waals surface area contributed by atoms with Crippen LogP contribution in [0.4, 0.5) is 0 Å². The Labute approximate surface area is 266 Å². The molecular weight excluding hydrogens is 584 g/mol. The number of carbonyl (C=O) groups is 2. The third kappa shape index (κ3) is 11.9. The van der Waals surface area contributed by atoms with E-state index in [0.717, 1.165) is 18.4 Å². The van der Waals surface area contributed by atoms with Gasteiger partial charge in [-0.15, -0.1) is 11.8 Å². The minimum absolute atomic E-state index is 0.136. The molecule has 3 saturated heterocycles. The van der Waals surface area contributed by atoms with Crippen molar-refractivity contribution in [3.63, 3.8) is 0 Å². The highest BCUT2D eigenvalue weighted by atomic mass is 32.2. The van der Waals surface area contributed by atoms with Gasteiger partial charge in [0, 0.05) is 25.3 Å². The molecule has 44 heavy (non-hydrogen) atoms. The van der Waals surface area contributed by atoms with Crippen LogP contribution in [0.3, 0.4) is 0 Å². The highest BCUT2D eigenvalue weighted by Crippen LogP contribution is 2.36. The number of rotatable bonds is 13. The van der Waals surface area contributed by atoms with Gasteiger partial charge in [-0.3, -0.25) is 9.59 Å². The third-order valence-corrected chi connectivity index (χ3v) is 9.00. The molecule has 248 valence electrons. The third-order valence-electron chi connectivity index (χ3n) is 8.07. The maximum absolute atomic E-state index is 12.2. The number of benzene rings is 1. The van der Waals surface area contributed by atoms with Gasteiger partial charge >= 0.3 is 0 Å². The van der Waals surface area contributed by atoms with Gasteiger partial charge in [-0.05, 0) is 6.42 Å². The predicted molar refractivity (Wildman–Crippen MR) is 169 cm³/mol. The molecule has 0 bridgehead atoms. The van der Waals surface area contributed by atoms with Crippen LogP contribution in [0.1, 0.15) is 83.0 Å². The molecule has 10 nitrogen and oxygen atoms in total. The minimum Gasteiger partial charge on any atom is -0.371 e. The van der Waals surface area contributed by atoms with Crippen LogP contribution in [0.15, 0.2) is 30.3 Å². The van der Waals surface area contributed by atoms with Crippen molar-refractivity contribution in [3.05, 3.63) is 35.9 Å². The average molecular weight is 637 g/mol. The standard InChI is InChI=1S/C33H52N2O8S/c1-2-3-4-5-6-7-8-9-10-14-19-40-33-31-30(29-26(42-33)22-41-32(43-29)25-15-12-11-13-16-25)38-20-17-34-27(36)23-44-24-28(37)35-18-21-39-31/h11-13,15-16,26,29-33H,2-10,14,17-24H2,1H3,(H,34,36)(H,35,37)/t26-,29+,30+,31-,32-,33-/m1/s1. The van der Waals surface area contributed by atoms with Gasteiger partial charge in [-0.2, -0.15) is 0 Å². The van der Waals surface area contributed by atoms with Crippen molar-refractivity contribution in [2.24, 2.45) is 0 Å². The minimum atomic E-state index is -0.683. The summed E-state index contributed by atoms with van der Waals surface area (Å²) in [6.07, 6.45) is 9.18. The molecule has 6 atom stereocenters. The van der Waals surface area contributed by atoms with E-state index in [1.807, 2.05) is 30.3 Å². The molecule has 0 spiro atoms. The number of hydrogen-bond acceptors (Lipinski definition) is 9. The van der Waals surface area contributed by atoms with E-state index in [-0.39, 0.29) is 36.5 Å². The first kappa shape index (κ1) is 35.1. The number of fused-ring (bicyclic) bond motifs is 3. The Morgan fingerprint density at radius 1 is 0.750 bits per heavy atom. The molecule has 0 radical (unpaired) electrons. The fraction of sp³-hybridized carbons (Fsp3) is 0.758. The predicted octanol–water partition coefficient (Wildman–Crippen LogP) is 4.51. The zero-order chi connectivity index (χ0) is 30.8. The Hall–Kier alpha value is -1.73. The summed E-state index contributed by atoms with van der Waals surface area (Å²) in [6.45, 7) is 4.30. The first-order valence-electron chi connectivity index (χ1n) is 16.6. The lowest BCUT2D eigenvalue weighted by molar-refractivity contribution is -0.370. The topological polar surface area (TPSA) is 114 Å².